The molecule has 0 amide bonds. The van der Waals surface area contributed by atoms with E-state index in [0.29, 0.717) is 0 Å². The van der Waals surface area contributed by atoms with E-state index in [1.165, 1.54) is 22.3 Å². The van der Waals surface area contributed by atoms with Gasteiger partial charge in [0.25, 0.3) is 0 Å². The van der Waals surface area contributed by atoms with Crippen LogP contribution in [0.5, 0.6) is 5.75 Å². The fourth-order valence-electron chi connectivity index (χ4n) is 2.87. The summed E-state index contributed by atoms with van der Waals surface area (Å²) in [4.78, 5) is 0. The van der Waals surface area contributed by atoms with Crippen molar-refractivity contribution in [3.8, 4) is 5.75 Å². The second-order valence-corrected chi connectivity index (χ2v) is 5.59. The summed E-state index contributed by atoms with van der Waals surface area (Å²) in [5.41, 5.74) is 4.91. The molecule has 20 heavy (non-hydrogen) atoms. The zero-order valence-corrected chi connectivity index (χ0v) is 12.5. The molecule has 2 nitrogen and oxygen atoms in total. The van der Waals surface area contributed by atoms with Crippen LogP contribution in [0.2, 0.25) is 5.02 Å². The lowest BCUT2D eigenvalue weighted by molar-refractivity contribution is 0.351. The lowest BCUT2D eigenvalue weighted by Crippen LogP contribution is -2.19. The number of benzene rings is 2. The molecule has 0 bridgehead atoms. The van der Waals surface area contributed by atoms with Gasteiger partial charge in [0.1, 0.15) is 5.75 Å². The van der Waals surface area contributed by atoms with Crippen molar-refractivity contribution >= 4 is 11.6 Å². The van der Waals surface area contributed by atoms with Crippen LogP contribution in [0.1, 0.15) is 28.3 Å². The zero-order valence-electron chi connectivity index (χ0n) is 11.7. The van der Waals surface area contributed by atoms with Crippen molar-refractivity contribution in [3.63, 3.8) is 0 Å². The van der Waals surface area contributed by atoms with Gasteiger partial charge in [-0.15, -0.1) is 0 Å². The molecule has 0 spiro atoms. The van der Waals surface area contributed by atoms with Crippen molar-refractivity contribution in [1.82, 2.24) is 5.32 Å². The molecule has 2 aromatic rings. The SMILES string of the molecule is CNC(c1cc(Cl)ccc1C)c1cccc2c1OCC2. The van der Waals surface area contributed by atoms with Gasteiger partial charge in [-0.2, -0.15) is 0 Å². The third-order valence-corrected chi connectivity index (χ3v) is 4.13. The first kappa shape index (κ1) is 13.5. The summed E-state index contributed by atoms with van der Waals surface area (Å²) in [5, 5.41) is 4.16. The van der Waals surface area contributed by atoms with Crippen LogP contribution >= 0.6 is 11.6 Å². The van der Waals surface area contributed by atoms with Crippen LogP contribution in [-0.4, -0.2) is 13.7 Å². The molecule has 1 N–H and O–H groups in total. The van der Waals surface area contributed by atoms with E-state index in [0.717, 1.165) is 23.8 Å². The van der Waals surface area contributed by atoms with E-state index < -0.39 is 0 Å². The number of ether oxygens (including phenoxy) is 1. The third kappa shape index (κ3) is 2.30. The molecule has 0 saturated carbocycles. The zero-order chi connectivity index (χ0) is 14.1. The number of para-hydroxylation sites is 1. The molecule has 104 valence electrons. The molecule has 0 aromatic heterocycles. The Kier molecular flexibility index (Phi) is 3.68. The van der Waals surface area contributed by atoms with E-state index in [2.05, 4.69) is 36.5 Å². The second-order valence-electron chi connectivity index (χ2n) is 5.16. The highest BCUT2D eigenvalue weighted by atomic mass is 35.5. The van der Waals surface area contributed by atoms with Crippen LogP contribution < -0.4 is 10.1 Å². The normalized spacial score (nSPS) is 14.8. The van der Waals surface area contributed by atoms with Gasteiger partial charge < -0.3 is 10.1 Å². The number of rotatable bonds is 3. The molecule has 1 atom stereocenters. The molecule has 0 fully saturated rings. The maximum atomic E-state index is 6.16. The average Bonchev–Trinajstić information content (AvgIpc) is 2.92. The van der Waals surface area contributed by atoms with Gasteiger partial charge in [-0.3, -0.25) is 0 Å². The minimum absolute atomic E-state index is 0.0988. The smallest absolute Gasteiger partial charge is 0.127 e. The van der Waals surface area contributed by atoms with Gasteiger partial charge >= 0.3 is 0 Å². The van der Waals surface area contributed by atoms with Crippen LogP contribution in [-0.2, 0) is 6.42 Å². The van der Waals surface area contributed by atoms with Crippen molar-refractivity contribution in [1.29, 1.82) is 0 Å². The predicted molar refractivity (Wildman–Crippen MR) is 82.7 cm³/mol. The molecule has 1 heterocycles. The van der Waals surface area contributed by atoms with Gasteiger partial charge in [-0.1, -0.05) is 35.9 Å². The summed E-state index contributed by atoms with van der Waals surface area (Å²) in [5.74, 6) is 1.03. The molecule has 2 aromatic carbocycles. The van der Waals surface area contributed by atoms with Crippen molar-refractivity contribution in [2.75, 3.05) is 13.7 Å². The molecular formula is C17H18ClNO. The van der Waals surface area contributed by atoms with Gasteiger partial charge in [0.05, 0.1) is 12.6 Å². The maximum absolute atomic E-state index is 6.16. The van der Waals surface area contributed by atoms with Crippen LogP contribution in [0, 0.1) is 6.92 Å². The topological polar surface area (TPSA) is 21.3 Å². The fraction of sp³-hybridized carbons (Fsp3) is 0.294. The van der Waals surface area contributed by atoms with Gasteiger partial charge in [-0.25, -0.2) is 0 Å². The monoisotopic (exact) mass is 287 g/mol. The predicted octanol–water partition coefficient (Wildman–Crippen LogP) is 3.89. The Bertz CT molecular complexity index is 639. The molecule has 3 rings (SSSR count). The molecule has 1 aliphatic heterocycles. The number of hydrogen-bond donors (Lipinski definition) is 1. The molecule has 0 radical (unpaired) electrons. The number of aryl methyl sites for hydroxylation is 1. The summed E-state index contributed by atoms with van der Waals surface area (Å²) in [7, 11) is 1.97. The van der Waals surface area contributed by atoms with Crippen molar-refractivity contribution < 1.29 is 4.74 Å². The van der Waals surface area contributed by atoms with Crippen molar-refractivity contribution in [3.05, 3.63) is 63.7 Å². The second kappa shape index (κ2) is 5.47. The van der Waals surface area contributed by atoms with Gasteiger partial charge in [0.2, 0.25) is 0 Å². The number of nitrogens with one attached hydrogen (secondary N) is 1. The van der Waals surface area contributed by atoms with Crippen LogP contribution in [0.4, 0.5) is 0 Å². The van der Waals surface area contributed by atoms with Gasteiger partial charge in [0, 0.05) is 17.0 Å². The van der Waals surface area contributed by atoms with Crippen LogP contribution in [0.15, 0.2) is 36.4 Å². The maximum Gasteiger partial charge on any atom is 0.127 e. The van der Waals surface area contributed by atoms with Crippen LogP contribution in [0.25, 0.3) is 0 Å². The molecule has 1 unspecified atom stereocenters. The number of fused-ring (bicyclic) bond motifs is 1. The number of hydrogen-bond acceptors (Lipinski definition) is 2. The van der Waals surface area contributed by atoms with E-state index in [1.54, 1.807) is 0 Å². The minimum Gasteiger partial charge on any atom is -0.493 e. The standard InChI is InChI=1S/C17H18ClNO/c1-11-6-7-13(18)10-15(11)16(19-2)14-5-3-4-12-8-9-20-17(12)14/h3-7,10,16,19H,8-9H2,1-2H3. The van der Waals surface area contributed by atoms with E-state index in [1.807, 2.05) is 19.2 Å². The Morgan fingerprint density at radius 2 is 2.05 bits per heavy atom. The molecular weight excluding hydrogens is 270 g/mol. The first-order chi connectivity index (χ1) is 9.70. The fourth-order valence-corrected chi connectivity index (χ4v) is 3.05. The highest BCUT2D eigenvalue weighted by Crippen LogP contribution is 2.37. The largest absolute Gasteiger partial charge is 0.493 e. The molecule has 3 heteroatoms. The third-order valence-electron chi connectivity index (χ3n) is 3.90. The summed E-state index contributed by atoms with van der Waals surface area (Å²) < 4.78 is 5.83. The quantitative estimate of drug-likeness (QED) is 0.925. The van der Waals surface area contributed by atoms with Gasteiger partial charge in [0.15, 0.2) is 0 Å². The summed E-state index contributed by atoms with van der Waals surface area (Å²) in [6, 6.07) is 12.5. The van der Waals surface area contributed by atoms with E-state index in [9.17, 15) is 0 Å². The summed E-state index contributed by atoms with van der Waals surface area (Å²) >= 11 is 6.16. The van der Waals surface area contributed by atoms with Gasteiger partial charge in [-0.05, 0) is 42.8 Å². The lowest BCUT2D eigenvalue weighted by Gasteiger charge is -2.21. The van der Waals surface area contributed by atoms with E-state index >= 15 is 0 Å². The molecule has 1 aliphatic rings. The van der Waals surface area contributed by atoms with E-state index in [4.69, 9.17) is 16.3 Å². The summed E-state index contributed by atoms with van der Waals surface area (Å²) in [6.45, 7) is 2.89. The Morgan fingerprint density at radius 1 is 1.20 bits per heavy atom. The molecule has 0 saturated heterocycles. The lowest BCUT2D eigenvalue weighted by atomic mass is 9.93. The Labute approximate surface area is 124 Å². The first-order valence-corrected chi connectivity index (χ1v) is 7.26. The Morgan fingerprint density at radius 3 is 2.85 bits per heavy atom. The Hall–Kier alpha value is -1.51. The van der Waals surface area contributed by atoms with Crippen LogP contribution in [0.3, 0.4) is 0 Å². The van der Waals surface area contributed by atoms with Crippen molar-refractivity contribution in [2.45, 2.75) is 19.4 Å². The summed E-state index contributed by atoms with van der Waals surface area (Å²) in [6.07, 6.45) is 0.994. The first-order valence-electron chi connectivity index (χ1n) is 6.88. The highest BCUT2D eigenvalue weighted by molar-refractivity contribution is 6.30. The molecule has 0 aliphatic carbocycles. The van der Waals surface area contributed by atoms with Crippen molar-refractivity contribution in [2.24, 2.45) is 0 Å². The highest BCUT2D eigenvalue weighted by Gasteiger charge is 2.23. The number of halogens is 1. The Balaban J connectivity index is 2.11. The van der Waals surface area contributed by atoms with E-state index in [-0.39, 0.29) is 6.04 Å². The minimum atomic E-state index is 0.0988. The average molecular weight is 288 g/mol.